The Bertz CT molecular complexity index is 2840. The molecule has 3 aromatic carbocycles. The Balaban J connectivity index is 1.08. The smallest absolute Gasteiger partial charge is 0.477 e. The second kappa shape index (κ2) is 18.9. The van der Waals surface area contributed by atoms with Gasteiger partial charge in [0.25, 0.3) is 11.8 Å². The molecule has 3 aromatic heterocycles. The predicted octanol–water partition coefficient (Wildman–Crippen LogP) is 6.74. The molecule has 20 heteroatoms. The molecule has 344 valence electrons. The van der Waals surface area contributed by atoms with E-state index in [0.29, 0.717) is 20.6 Å². The number of esters is 1. The minimum atomic E-state index is -1.66. The summed E-state index contributed by atoms with van der Waals surface area (Å²) in [6, 6.07) is 29.6. The summed E-state index contributed by atoms with van der Waals surface area (Å²) in [6.45, 7) is 8.06. The van der Waals surface area contributed by atoms with Crippen molar-refractivity contribution in [1.82, 2.24) is 20.2 Å². The molecule has 2 aliphatic rings. The fourth-order valence-corrected chi connectivity index (χ4v) is 11.7. The summed E-state index contributed by atoms with van der Waals surface area (Å²) >= 11 is 5.21. The number of nitrogens with one attached hydrogen (secondary N) is 2. The number of carbonyl (C=O) groups excluding carboxylic acids is 4. The fraction of sp³-hybridized carbons (Fsp3) is 0.255. The second-order valence-electron chi connectivity index (χ2n) is 16.9. The van der Waals surface area contributed by atoms with Gasteiger partial charge in [-0.2, -0.15) is 9.36 Å². The van der Waals surface area contributed by atoms with Crippen LogP contribution in [0.4, 0.5) is 9.93 Å². The molecule has 6 aromatic rings. The molecule has 67 heavy (non-hydrogen) atoms. The summed E-state index contributed by atoms with van der Waals surface area (Å²) in [6.07, 6.45) is 3.07. The molecule has 0 radical (unpaired) electrons. The third-order valence-corrected chi connectivity index (χ3v) is 15.0. The Morgan fingerprint density at radius 3 is 2.10 bits per heavy atom. The Labute approximate surface area is 401 Å². The van der Waals surface area contributed by atoms with Gasteiger partial charge >= 0.3 is 18.0 Å². The van der Waals surface area contributed by atoms with Crippen molar-refractivity contribution in [1.29, 1.82) is 0 Å². The summed E-state index contributed by atoms with van der Waals surface area (Å²) in [5.74, 6) is -3.01. The third kappa shape index (κ3) is 9.78. The average molecular weight is 978 g/mol. The number of anilines is 1. The normalized spacial score (nSPS) is 16.5. The quantitative estimate of drug-likeness (QED) is 0.0160. The second-order valence-corrected chi connectivity index (χ2v) is 21.1. The first-order valence-corrected chi connectivity index (χ1v) is 24.5. The Kier molecular flexibility index (Phi) is 13.3. The molecule has 0 aliphatic carbocycles. The molecule has 5 N–H and O–H groups in total. The van der Waals surface area contributed by atoms with Crippen LogP contribution in [0, 0.1) is 0 Å². The van der Waals surface area contributed by atoms with Crippen LogP contribution < -0.4 is 20.9 Å². The van der Waals surface area contributed by atoms with Crippen molar-refractivity contribution in [3.63, 3.8) is 0 Å². The van der Waals surface area contributed by atoms with Crippen molar-refractivity contribution in [3.05, 3.63) is 148 Å². The van der Waals surface area contributed by atoms with Crippen LogP contribution in [0.25, 0.3) is 10.2 Å². The maximum Gasteiger partial charge on any atom is 0.493 e. The van der Waals surface area contributed by atoms with Crippen LogP contribution in [0.1, 0.15) is 57.0 Å². The molecule has 1 unspecified atom stereocenters. The number of thioether (sulfide) groups is 2. The number of hydrogen-bond acceptors (Lipinski definition) is 15. The molecule has 2 atom stereocenters. The van der Waals surface area contributed by atoms with Gasteiger partial charge in [0, 0.05) is 16.9 Å². The number of aromatic nitrogens is 3. The molecule has 0 bridgehead atoms. The maximum absolute atomic E-state index is 14.5. The Hall–Kier alpha value is -6.61. The zero-order valence-corrected chi connectivity index (χ0v) is 40.1. The molecular weight excluding hydrogens is 933 g/mol. The molecule has 2 aliphatic heterocycles. The monoisotopic (exact) mass is 977 g/mol. The van der Waals surface area contributed by atoms with Crippen LogP contribution in [-0.4, -0.2) is 89.6 Å². The number of carboxylic acids is 1. The summed E-state index contributed by atoms with van der Waals surface area (Å²) < 4.78 is 8.24. The number of ether oxygens (including phenoxy) is 1. The van der Waals surface area contributed by atoms with E-state index in [1.807, 2.05) is 91.0 Å². The number of primary amides is 1. The maximum atomic E-state index is 14.5. The number of aliphatic carboxylic acids is 1. The first-order valence-electron chi connectivity index (χ1n) is 20.8. The highest BCUT2D eigenvalue weighted by atomic mass is 32.2. The number of benzene rings is 3. The number of nitrogens with zero attached hydrogens (tertiary/aromatic N) is 5. The van der Waals surface area contributed by atoms with Gasteiger partial charge in [0.15, 0.2) is 15.2 Å². The minimum Gasteiger partial charge on any atom is -0.477 e. The lowest BCUT2D eigenvalue weighted by atomic mass is 9.77. The zero-order valence-electron chi connectivity index (χ0n) is 36.8. The Morgan fingerprint density at radius 2 is 1.54 bits per heavy atom. The molecule has 0 spiro atoms. The number of thiazole rings is 2. The fourth-order valence-electron chi connectivity index (χ4n) is 7.39. The van der Waals surface area contributed by atoms with Crippen LogP contribution in [0.15, 0.2) is 136 Å². The number of oxime groups is 1. The van der Waals surface area contributed by atoms with E-state index in [4.69, 9.17) is 20.3 Å². The van der Waals surface area contributed by atoms with E-state index in [1.54, 1.807) is 38.4 Å². The van der Waals surface area contributed by atoms with Crippen molar-refractivity contribution < 1.29 is 43.2 Å². The van der Waals surface area contributed by atoms with E-state index >= 15 is 0 Å². The topological polar surface area (TPSA) is 219 Å². The van der Waals surface area contributed by atoms with E-state index in [1.165, 1.54) is 75.7 Å². The number of amides is 3. The van der Waals surface area contributed by atoms with Gasteiger partial charge in [0.2, 0.25) is 5.60 Å². The van der Waals surface area contributed by atoms with Crippen molar-refractivity contribution in [3.8, 4) is 0 Å². The number of pyridine rings is 1. The largest absolute Gasteiger partial charge is 0.493 e. The molecule has 3 amide bonds. The van der Waals surface area contributed by atoms with Gasteiger partial charge in [0.1, 0.15) is 51.9 Å². The summed E-state index contributed by atoms with van der Waals surface area (Å²) in [7, 11) is 0. The average Bonchev–Trinajstić information content (AvgIpc) is 3.95. The van der Waals surface area contributed by atoms with Gasteiger partial charge in [-0.05, 0) is 62.9 Å². The van der Waals surface area contributed by atoms with E-state index in [2.05, 4.69) is 20.8 Å². The van der Waals surface area contributed by atoms with Gasteiger partial charge in [-0.1, -0.05) is 108 Å². The van der Waals surface area contributed by atoms with Gasteiger partial charge in [-0.25, -0.2) is 19.6 Å². The van der Waals surface area contributed by atoms with Crippen molar-refractivity contribution >= 4 is 97.0 Å². The van der Waals surface area contributed by atoms with Gasteiger partial charge in [-0.3, -0.25) is 20.2 Å². The number of rotatable bonds is 15. The summed E-state index contributed by atoms with van der Waals surface area (Å²) in [4.78, 5) is 82.5. The highest BCUT2D eigenvalue weighted by Crippen LogP contribution is 2.43. The lowest BCUT2D eigenvalue weighted by Gasteiger charge is -2.49. The highest BCUT2D eigenvalue weighted by molar-refractivity contribution is 8.02. The third-order valence-electron chi connectivity index (χ3n) is 10.6. The number of carbonyl (C=O) groups is 5. The van der Waals surface area contributed by atoms with Crippen molar-refractivity contribution in [2.24, 2.45) is 10.9 Å². The number of β-lactam (4-membered cyclic amide) rings is 1. The molecule has 0 saturated carbocycles. The highest BCUT2D eigenvalue weighted by Gasteiger charge is 2.54. The molecular formula is C47H45N8O8S4+. The predicted molar refractivity (Wildman–Crippen MR) is 258 cm³/mol. The van der Waals surface area contributed by atoms with Crippen LogP contribution >= 0.6 is 46.2 Å². The standard InChI is InChI=1S/C47H44N8O8S4/c1-45(2,3)62-41(60)46(4,5)63-53-34(32-26-65-43(49-32)52-47(28-15-9-6-10-16-28,29-17-11-7-12-18-29)30-19-13-8-14-20-30)37(56)51-35-38(57)55-36(40(58)59)27(24-64-39(35)55)25-66-44-50-31-23-54(42(48)61)22-21-33(31)67-44/h6-23,26,35,39H,24-25H2,1-5H3,(H4-,48,49,51,52,56,58,59,61)/p+1/t35?,39-/m0/s1. The van der Waals surface area contributed by atoms with Crippen molar-refractivity contribution in [2.75, 3.05) is 16.8 Å². The molecule has 1 fully saturated rings. The lowest BCUT2D eigenvalue weighted by molar-refractivity contribution is -0.568. The van der Waals surface area contributed by atoms with E-state index in [-0.39, 0.29) is 28.6 Å². The van der Waals surface area contributed by atoms with Crippen LogP contribution in [0.3, 0.4) is 0 Å². The summed E-state index contributed by atoms with van der Waals surface area (Å²) in [5.41, 5.74) is 5.35. The van der Waals surface area contributed by atoms with Crippen LogP contribution in [0.2, 0.25) is 0 Å². The number of nitrogens with two attached hydrogens (primary N) is 1. The van der Waals surface area contributed by atoms with Gasteiger partial charge in [0.05, 0.1) is 4.70 Å². The van der Waals surface area contributed by atoms with Gasteiger partial charge in [-0.15, -0.1) is 34.4 Å². The molecule has 5 heterocycles. The van der Waals surface area contributed by atoms with E-state index in [9.17, 15) is 29.1 Å². The molecule has 8 rings (SSSR count). The van der Waals surface area contributed by atoms with Crippen molar-refractivity contribution in [2.45, 2.75) is 67.1 Å². The van der Waals surface area contributed by atoms with Crippen LogP contribution in [0.5, 0.6) is 0 Å². The first kappa shape index (κ1) is 46.9. The molecule has 1 saturated heterocycles. The first-order chi connectivity index (χ1) is 31.9. The van der Waals surface area contributed by atoms with Gasteiger partial charge < -0.3 is 25.3 Å². The zero-order chi connectivity index (χ0) is 47.7. The SMILES string of the molecule is CC(C)(C)OC(=O)C(C)(C)ON=C(C(=O)NC1C(=O)N2C(C(=O)O)=C(CSc3nc4c[n+](C(N)=O)ccc4s3)CS[C@@H]12)c1csc(NC(c2ccccc2)(c2ccccc2)c2ccccc2)n1. The van der Waals surface area contributed by atoms with E-state index < -0.39 is 57.9 Å². The Morgan fingerprint density at radius 1 is 0.925 bits per heavy atom. The number of fused-ring (bicyclic) bond motifs is 2. The number of hydrogen-bond donors (Lipinski definition) is 4. The van der Waals surface area contributed by atoms with Crippen LogP contribution in [-0.2, 0) is 34.3 Å². The number of carboxylic acid groups (broad SMARTS) is 1. The summed E-state index contributed by atoms with van der Waals surface area (Å²) in [5, 5.41) is 22.4. The van der Waals surface area contributed by atoms with E-state index in [0.717, 1.165) is 21.4 Å². The lowest BCUT2D eigenvalue weighted by Crippen LogP contribution is -2.71. The molecule has 16 nitrogen and oxygen atoms in total. The minimum absolute atomic E-state index is 0.0812.